The van der Waals surface area contributed by atoms with E-state index >= 15 is 0 Å². The van der Waals surface area contributed by atoms with Crippen LogP contribution in [0.4, 0.5) is 18.9 Å². The van der Waals surface area contributed by atoms with Gasteiger partial charge in [-0.05, 0) is 30.2 Å². The Hall–Kier alpha value is -1.52. The van der Waals surface area contributed by atoms with Crippen molar-refractivity contribution in [2.45, 2.75) is 38.3 Å². The minimum Gasteiger partial charge on any atom is -0.325 e. The van der Waals surface area contributed by atoms with Gasteiger partial charge in [0.2, 0.25) is 5.91 Å². The third-order valence-electron chi connectivity index (χ3n) is 3.18. The first-order chi connectivity index (χ1) is 8.43. The molecule has 1 N–H and O–H groups in total. The maximum atomic E-state index is 12.6. The summed E-state index contributed by atoms with van der Waals surface area (Å²) in [7, 11) is 0. The highest BCUT2D eigenvalue weighted by Crippen LogP contribution is 2.39. The fraction of sp³-hybridized carbons (Fsp3) is 0.462. The average molecular weight is 257 g/mol. The quantitative estimate of drug-likeness (QED) is 0.873. The number of carbonyl (C=O) groups is 1. The lowest BCUT2D eigenvalue weighted by molar-refractivity contribution is -0.137. The number of amides is 1. The van der Waals surface area contributed by atoms with Crippen LogP contribution in [0.15, 0.2) is 18.2 Å². The van der Waals surface area contributed by atoms with Crippen LogP contribution in [-0.4, -0.2) is 5.91 Å². The van der Waals surface area contributed by atoms with Crippen molar-refractivity contribution in [3.05, 3.63) is 29.3 Å². The molecule has 2 rings (SSSR count). The normalized spacial score (nSPS) is 18.7. The number of hydrogen-bond acceptors (Lipinski definition) is 1. The van der Waals surface area contributed by atoms with E-state index in [1.54, 1.807) is 0 Å². The van der Waals surface area contributed by atoms with E-state index in [1.807, 2.05) is 6.92 Å². The zero-order valence-electron chi connectivity index (χ0n) is 9.97. The molecule has 0 fully saturated rings. The van der Waals surface area contributed by atoms with Gasteiger partial charge in [0, 0.05) is 5.69 Å². The summed E-state index contributed by atoms with van der Waals surface area (Å²) in [5.41, 5.74) is 0.289. The number of benzene rings is 1. The van der Waals surface area contributed by atoms with Gasteiger partial charge in [-0.25, -0.2) is 0 Å². The van der Waals surface area contributed by atoms with Crippen LogP contribution in [-0.2, 0) is 11.0 Å². The molecule has 1 atom stereocenters. The molecule has 0 saturated heterocycles. The van der Waals surface area contributed by atoms with Crippen molar-refractivity contribution in [2.24, 2.45) is 0 Å². The number of rotatable bonds is 3. The van der Waals surface area contributed by atoms with Crippen molar-refractivity contribution in [3.8, 4) is 0 Å². The smallest absolute Gasteiger partial charge is 0.325 e. The topological polar surface area (TPSA) is 29.1 Å². The first kappa shape index (κ1) is 12.9. The van der Waals surface area contributed by atoms with Crippen molar-refractivity contribution < 1.29 is 18.0 Å². The Balaban J connectivity index is 2.33. The van der Waals surface area contributed by atoms with Gasteiger partial charge in [0.15, 0.2) is 0 Å². The van der Waals surface area contributed by atoms with Crippen LogP contribution in [0, 0.1) is 0 Å². The van der Waals surface area contributed by atoms with Gasteiger partial charge in [0.1, 0.15) is 0 Å². The number of alkyl halides is 3. The second-order valence-corrected chi connectivity index (χ2v) is 4.48. The second kappa shape index (κ2) is 4.63. The summed E-state index contributed by atoms with van der Waals surface area (Å²) >= 11 is 0. The fourth-order valence-electron chi connectivity index (χ4n) is 2.20. The number of hydrogen-bond donors (Lipinski definition) is 1. The Morgan fingerprint density at radius 2 is 2.06 bits per heavy atom. The van der Waals surface area contributed by atoms with Crippen LogP contribution in [0.3, 0.4) is 0 Å². The van der Waals surface area contributed by atoms with Crippen LogP contribution in [0.5, 0.6) is 0 Å². The van der Waals surface area contributed by atoms with E-state index in [9.17, 15) is 18.0 Å². The molecular weight excluding hydrogens is 243 g/mol. The molecule has 1 aromatic carbocycles. The average Bonchev–Trinajstić information content (AvgIpc) is 2.60. The van der Waals surface area contributed by atoms with Crippen LogP contribution in [0.2, 0.25) is 0 Å². The van der Waals surface area contributed by atoms with Crippen LogP contribution in [0.1, 0.15) is 43.2 Å². The Bertz CT molecular complexity index is 468. The molecule has 1 unspecified atom stereocenters. The minimum absolute atomic E-state index is 0.197. The highest BCUT2D eigenvalue weighted by molar-refractivity contribution is 6.02. The summed E-state index contributed by atoms with van der Waals surface area (Å²) in [5.74, 6) is -0.639. The van der Waals surface area contributed by atoms with Crippen molar-refractivity contribution in [1.82, 2.24) is 0 Å². The molecule has 5 heteroatoms. The minimum atomic E-state index is -4.37. The molecule has 1 aliphatic rings. The van der Waals surface area contributed by atoms with Gasteiger partial charge < -0.3 is 5.32 Å². The predicted octanol–water partition coefficient (Wildman–Crippen LogP) is 3.93. The lowest BCUT2D eigenvalue weighted by atomic mass is 9.93. The van der Waals surface area contributed by atoms with E-state index in [0.717, 1.165) is 25.0 Å². The van der Waals surface area contributed by atoms with Gasteiger partial charge in [0.25, 0.3) is 0 Å². The lowest BCUT2D eigenvalue weighted by Gasteiger charge is -2.11. The van der Waals surface area contributed by atoms with E-state index in [2.05, 4.69) is 5.32 Å². The van der Waals surface area contributed by atoms with Gasteiger partial charge >= 0.3 is 6.18 Å². The van der Waals surface area contributed by atoms with Crippen molar-refractivity contribution >= 4 is 11.6 Å². The Labute approximate surface area is 103 Å². The third-order valence-corrected chi connectivity index (χ3v) is 3.18. The zero-order valence-corrected chi connectivity index (χ0v) is 9.97. The maximum absolute atomic E-state index is 12.6. The summed E-state index contributed by atoms with van der Waals surface area (Å²) in [6, 6.07) is 3.43. The number of unbranched alkanes of at least 4 members (excludes halogenated alkanes) is 1. The number of carbonyl (C=O) groups excluding carboxylic acids is 1. The predicted molar refractivity (Wildman–Crippen MR) is 62.3 cm³/mol. The standard InChI is InChI=1S/C13H14F3NO/c1-2-3-4-9-10-7-8(13(14,15)16)5-6-11(10)17-12(9)18/h5-7,9H,2-4H2,1H3,(H,17,18). The fourth-order valence-corrected chi connectivity index (χ4v) is 2.20. The van der Waals surface area contributed by atoms with E-state index in [4.69, 9.17) is 0 Å². The molecule has 1 heterocycles. The molecule has 1 aromatic rings. The molecule has 1 amide bonds. The van der Waals surface area contributed by atoms with Crippen LogP contribution < -0.4 is 5.32 Å². The summed E-state index contributed by atoms with van der Waals surface area (Å²) in [6.45, 7) is 1.99. The molecule has 1 aliphatic heterocycles. The second-order valence-electron chi connectivity index (χ2n) is 4.48. The molecule has 0 aliphatic carbocycles. The Morgan fingerprint density at radius 3 is 2.67 bits per heavy atom. The van der Waals surface area contributed by atoms with Crippen molar-refractivity contribution in [1.29, 1.82) is 0 Å². The monoisotopic (exact) mass is 257 g/mol. The molecule has 0 radical (unpaired) electrons. The number of nitrogens with one attached hydrogen (secondary N) is 1. The maximum Gasteiger partial charge on any atom is 0.416 e. The van der Waals surface area contributed by atoms with E-state index in [0.29, 0.717) is 17.7 Å². The highest BCUT2D eigenvalue weighted by Gasteiger charge is 2.35. The van der Waals surface area contributed by atoms with Crippen LogP contribution >= 0.6 is 0 Å². The van der Waals surface area contributed by atoms with Crippen molar-refractivity contribution in [3.63, 3.8) is 0 Å². The van der Waals surface area contributed by atoms with Gasteiger partial charge in [-0.1, -0.05) is 19.8 Å². The first-order valence-corrected chi connectivity index (χ1v) is 5.95. The summed E-state index contributed by atoms with van der Waals surface area (Å²) in [4.78, 5) is 11.7. The lowest BCUT2D eigenvalue weighted by Crippen LogP contribution is -2.12. The first-order valence-electron chi connectivity index (χ1n) is 5.95. The van der Waals surface area contributed by atoms with Crippen molar-refractivity contribution in [2.75, 3.05) is 5.32 Å². The SMILES string of the molecule is CCCCC1C(=O)Nc2ccc(C(F)(F)F)cc21. The van der Waals surface area contributed by atoms with E-state index in [-0.39, 0.29) is 5.91 Å². The molecule has 18 heavy (non-hydrogen) atoms. The van der Waals surface area contributed by atoms with Gasteiger partial charge in [-0.15, -0.1) is 0 Å². The summed E-state index contributed by atoms with van der Waals surface area (Å²) in [6.07, 6.45) is -2.03. The summed E-state index contributed by atoms with van der Waals surface area (Å²) in [5, 5.41) is 2.63. The number of fused-ring (bicyclic) bond motifs is 1. The largest absolute Gasteiger partial charge is 0.416 e. The molecule has 0 saturated carbocycles. The third kappa shape index (κ3) is 2.35. The van der Waals surface area contributed by atoms with Gasteiger partial charge in [0.05, 0.1) is 11.5 Å². The van der Waals surface area contributed by atoms with Gasteiger partial charge in [-0.3, -0.25) is 4.79 Å². The molecule has 2 nitrogen and oxygen atoms in total. The molecule has 98 valence electrons. The zero-order chi connectivity index (χ0) is 13.3. The van der Waals surface area contributed by atoms with Gasteiger partial charge in [-0.2, -0.15) is 13.2 Å². The van der Waals surface area contributed by atoms with E-state index in [1.165, 1.54) is 6.07 Å². The Kier molecular flexibility index (Phi) is 3.32. The Morgan fingerprint density at radius 1 is 1.33 bits per heavy atom. The van der Waals surface area contributed by atoms with E-state index < -0.39 is 17.7 Å². The molecule has 0 aromatic heterocycles. The highest BCUT2D eigenvalue weighted by atomic mass is 19.4. The molecule has 0 spiro atoms. The molecular formula is C13H14F3NO. The molecule has 0 bridgehead atoms. The van der Waals surface area contributed by atoms with Crippen LogP contribution in [0.25, 0.3) is 0 Å². The number of anilines is 1. The summed E-state index contributed by atoms with van der Waals surface area (Å²) < 4.78 is 37.9. The number of halogens is 3.